The number of aliphatic hydroxyl groups is 1. The summed E-state index contributed by atoms with van der Waals surface area (Å²) in [4.78, 5) is 11.7. The van der Waals surface area contributed by atoms with E-state index in [-0.39, 0.29) is 12.4 Å². The van der Waals surface area contributed by atoms with Gasteiger partial charge in [-0.1, -0.05) is 0 Å². The molecule has 2 rings (SSSR count). The van der Waals surface area contributed by atoms with Crippen molar-refractivity contribution >= 4 is 11.7 Å². The quantitative estimate of drug-likeness (QED) is 0.659. The van der Waals surface area contributed by atoms with Crippen LogP contribution >= 0.6 is 0 Å². The summed E-state index contributed by atoms with van der Waals surface area (Å²) in [6.07, 6.45) is 0.614. The van der Waals surface area contributed by atoms with E-state index in [0.29, 0.717) is 24.2 Å². The van der Waals surface area contributed by atoms with E-state index in [9.17, 15) is 14.3 Å². The fraction of sp³-hybridized carbons (Fsp3) is 0.462. The predicted octanol–water partition coefficient (Wildman–Crippen LogP) is 0.980. The highest BCUT2D eigenvalue weighted by atomic mass is 19.1. The number of benzene rings is 1. The van der Waals surface area contributed by atoms with Crippen LogP contribution in [-0.4, -0.2) is 36.4 Å². The summed E-state index contributed by atoms with van der Waals surface area (Å²) in [7, 11) is 0. The van der Waals surface area contributed by atoms with Crippen molar-refractivity contribution in [1.82, 2.24) is 10.6 Å². The lowest BCUT2D eigenvalue weighted by Gasteiger charge is -2.21. The maximum atomic E-state index is 12.9. The Morgan fingerprint density at radius 2 is 2.37 bits per heavy atom. The third kappa shape index (κ3) is 3.65. The van der Waals surface area contributed by atoms with Crippen LogP contribution in [0.1, 0.15) is 12.0 Å². The molecule has 1 aliphatic rings. The molecule has 1 aromatic rings. The van der Waals surface area contributed by atoms with E-state index in [2.05, 4.69) is 16.0 Å². The van der Waals surface area contributed by atoms with Crippen molar-refractivity contribution in [2.75, 3.05) is 25.0 Å². The molecule has 1 fully saturated rings. The number of nitrogens with one attached hydrogen (secondary N) is 3. The molecule has 104 valence electrons. The minimum atomic E-state index is -0.880. The topological polar surface area (TPSA) is 73.4 Å². The molecular weight excluding hydrogens is 249 g/mol. The van der Waals surface area contributed by atoms with Crippen LogP contribution in [0.2, 0.25) is 0 Å². The molecule has 19 heavy (non-hydrogen) atoms. The van der Waals surface area contributed by atoms with Crippen molar-refractivity contribution in [3.05, 3.63) is 29.6 Å². The van der Waals surface area contributed by atoms with Gasteiger partial charge in [-0.15, -0.1) is 0 Å². The zero-order valence-electron chi connectivity index (χ0n) is 10.8. The van der Waals surface area contributed by atoms with Crippen LogP contribution in [-0.2, 0) is 0 Å². The third-order valence-electron chi connectivity index (χ3n) is 3.24. The lowest BCUT2D eigenvalue weighted by atomic mass is 10.0. The van der Waals surface area contributed by atoms with Crippen LogP contribution in [0.4, 0.5) is 14.9 Å². The Morgan fingerprint density at radius 3 is 3.00 bits per heavy atom. The van der Waals surface area contributed by atoms with Gasteiger partial charge in [0.05, 0.1) is 5.60 Å². The highest BCUT2D eigenvalue weighted by molar-refractivity contribution is 5.90. The number of hydrogen-bond donors (Lipinski definition) is 4. The van der Waals surface area contributed by atoms with Gasteiger partial charge < -0.3 is 21.1 Å². The predicted molar refractivity (Wildman–Crippen MR) is 70.6 cm³/mol. The smallest absolute Gasteiger partial charge is 0.319 e. The minimum Gasteiger partial charge on any atom is -0.387 e. The van der Waals surface area contributed by atoms with Gasteiger partial charge in [0.25, 0.3) is 0 Å². The SMILES string of the molecule is Cc1cc(F)ccc1NC(=O)NC[C@]1(O)CCNC1. The Morgan fingerprint density at radius 1 is 1.58 bits per heavy atom. The van der Waals surface area contributed by atoms with Crippen molar-refractivity contribution in [2.45, 2.75) is 18.9 Å². The first-order chi connectivity index (χ1) is 8.98. The zero-order valence-corrected chi connectivity index (χ0v) is 10.8. The van der Waals surface area contributed by atoms with Gasteiger partial charge in [-0.3, -0.25) is 0 Å². The average molecular weight is 267 g/mol. The Bertz CT molecular complexity index is 473. The maximum absolute atomic E-state index is 12.9. The highest BCUT2D eigenvalue weighted by Gasteiger charge is 2.31. The summed E-state index contributed by atoms with van der Waals surface area (Å²) in [5.74, 6) is -0.338. The number of carbonyl (C=O) groups is 1. The fourth-order valence-electron chi connectivity index (χ4n) is 2.06. The molecule has 1 aromatic carbocycles. The molecule has 1 aliphatic heterocycles. The summed E-state index contributed by atoms with van der Waals surface area (Å²) in [5.41, 5.74) is 0.321. The van der Waals surface area contributed by atoms with Gasteiger partial charge in [0.15, 0.2) is 0 Å². The molecule has 5 nitrogen and oxygen atoms in total. The summed E-state index contributed by atoms with van der Waals surface area (Å²) < 4.78 is 12.9. The highest BCUT2D eigenvalue weighted by Crippen LogP contribution is 2.16. The second-order valence-corrected chi connectivity index (χ2v) is 4.92. The molecule has 1 atom stereocenters. The number of rotatable bonds is 3. The molecule has 0 bridgehead atoms. The fourth-order valence-corrected chi connectivity index (χ4v) is 2.06. The van der Waals surface area contributed by atoms with Crippen LogP contribution in [0.3, 0.4) is 0 Å². The first-order valence-electron chi connectivity index (χ1n) is 6.23. The van der Waals surface area contributed by atoms with Gasteiger partial charge in [-0.2, -0.15) is 0 Å². The number of halogens is 1. The van der Waals surface area contributed by atoms with Crippen molar-refractivity contribution in [1.29, 1.82) is 0 Å². The number of anilines is 1. The van der Waals surface area contributed by atoms with E-state index in [1.807, 2.05) is 0 Å². The van der Waals surface area contributed by atoms with Gasteiger partial charge in [-0.25, -0.2) is 9.18 Å². The number of urea groups is 1. The molecule has 4 N–H and O–H groups in total. The van der Waals surface area contributed by atoms with Crippen LogP contribution in [0.5, 0.6) is 0 Å². The van der Waals surface area contributed by atoms with E-state index in [4.69, 9.17) is 0 Å². The maximum Gasteiger partial charge on any atom is 0.319 e. The van der Waals surface area contributed by atoms with Crippen LogP contribution < -0.4 is 16.0 Å². The number of β-amino-alcohol motifs (C(OH)–C–C–N with tert-alkyl or cyclic N) is 1. The molecule has 0 radical (unpaired) electrons. The number of aryl methyl sites for hydroxylation is 1. The van der Waals surface area contributed by atoms with Crippen molar-refractivity contribution in [3.63, 3.8) is 0 Å². The van der Waals surface area contributed by atoms with E-state index in [1.54, 1.807) is 6.92 Å². The summed E-state index contributed by atoms with van der Waals surface area (Å²) in [5, 5.41) is 18.3. The van der Waals surface area contributed by atoms with Gasteiger partial charge in [0.1, 0.15) is 5.82 Å². The Kier molecular flexibility index (Phi) is 4.01. The lowest BCUT2D eigenvalue weighted by molar-refractivity contribution is 0.0640. The molecule has 1 saturated heterocycles. The molecule has 0 aliphatic carbocycles. The lowest BCUT2D eigenvalue weighted by Crippen LogP contribution is -2.45. The molecule has 6 heteroatoms. The second kappa shape index (κ2) is 5.54. The zero-order chi connectivity index (χ0) is 13.9. The monoisotopic (exact) mass is 267 g/mol. The largest absolute Gasteiger partial charge is 0.387 e. The first-order valence-corrected chi connectivity index (χ1v) is 6.23. The van der Waals surface area contributed by atoms with Crippen LogP contribution in [0.15, 0.2) is 18.2 Å². The number of amides is 2. The molecule has 1 heterocycles. The van der Waals surface area contributed by atoms with Crippen LogP contribution in [0, 0.1) is 12.7 Å². The Balaban J connectivity index is 1.87. The normalized spacial score (nSPS) is 22.3. The van der Waals surface area contributed by atoms with E-state index in [0.717, 1.165) is 6.54 Å². The first kappa shape index (κ1) is 13.8. The molecule has 0 aromatic heterocycles. The average Bonchev–Trinajstić information content (AvgIpc) is 2.78. The number of hydrogen-bond acceptors (Lipinski definition) is 3. The van der Waals surface area contributed by atoms with Crippen molar-refractivity contribution in [2.24, 2.45) is 0 Å². The summed E-state index contributed by atoms with van der Waals surface area (Å²) in [6, 6.07) is 3.74. The van der Waals surface area contributed by atoms with Crippen molar-refractivity contribution < 1.29 is 14.3 Å². The standard InChI is InChI=1S/C13H18FN3O2/c1-9-6-10(14)2-3-11(9)17-12(18)16-8-13(19)4-5-15-7-13/h2-3,6,15,19H,4-5,7-8H2,1H3,(H2,16,17,18)/t13-/m0/s1. The van der Waals surface area contributed by atoms with E-state index >= 15 is 0 Å². The Labute approximate surface area is 111 Å². The summed E-state index contributed by atoms with van der Waals surface area (Å²) in [6.45, 7) is 3.12. The van der Waals surface area contributed by atoms with E-state index < -0.39 is 11.6 Å². The Hall–Kier alpha value is -1.66. The van der Waals surface area contributed by atoms with Gasteiger partial charge in [-0.05, 0) is 43.7 Å². The van der Waals surface area contributed by atoms with E-state index in [1.165, 1.54) is 18.2 Å². The van der Waals surface area contributed by atoms with Crippen LogP contribution in [0.25, 0.3) is 0 Å². The molecular formula is C13H18FN3O2. The van der Waals surface area contributed by atoms with Gasteiger partial charge in [0.2, 0.25) is 0 Å². The van der Waals surface area contributed by atoms with Crippen molar-refractivity contribution in [3.8, 4) is 0 Å². The molecule has 0 spiro atoms. The molecule has 0 unspecified atom stereocenters. The van der Waals surface area contributed by atoms with Gasteiger partial charge >= 0.3 is 6.03 Å². The van der Waals surface area contributed by atoms with Gasteiger partial charge in [0, 0.05) is 18.8 Å². The second-order valence-electron chi connectivity index (χ2n) is 4.92. The third-order valence-corrected chi connectivity index (χ3v) is 3.24. The number of carbonyl (C=O) groups excluding carboxylic acids is 1. The minimum absolute atomic E-state index is 0.187. The summed E-state index contributed by atoms with van der Waals surface area (Å²) >= 11 is 0. The molecule has 2 amide bonds. The molecule has 0 saturated carbocycles.